The molecule has 0 spiro atoms. The summed E-state index contributed by atoms with van der Waals surface area (Å²) in [5.74, 6) is -0.529. The molecule has 0 saturated heterocycles. The minimum atomic E-state index is -0.529. The van der Waals surface area contributed by atoms with Gasteiger partial charge in [-0.2, -0.15) is 0 Å². The largest absolute Gasteiger partial charge is 0.389 e. The minimum absolute atomic E-state index is 0.0425. The van der Waals surface area contributed by atoms with Crippen molar-refractivity contribution < 1.29 is 4.39 Å². The van der Waals surface area contributed by atoms with Gasteiger partial charge in [0.05, 0.1) is 21.4 Å². The van der Waals surface area contributed by atoms with Crippen LogP contribution in [-0.2, 0) is 0 Å². The number of nitrogens with one attached hydrogen (secondary N) is 1. The van der Waals surface area contributed by atoms with Crippen molar-refractivity contribution in [1.29, 1.82) is 0 Å². The molecule has 2 nitrogen and oxygen atoms in total. The standard InChI is InChI=1S/C13H9Cl2FN2S/c14-8-2-1-3-11(12(8)16)18-10-5-4-7(13(17)19)6-9(10)15/h1-6,18H,(H2,17,19). The molecule has 0 amide bonds. The van der Waals surface area contributed by atoms with Gasteiger partial charge in [-0.05, 0) is 30.3 Å². The molecule has 0 saturated carbocycles. The molecule has 0 aromatic heterocycles. The molecule has 6 heteroatoms. The molecule has 0 radical (unpaired) electrons. The lowest BCUT2D eigenvalue weighted by Gasteiger charge is -2.11. The van der Waals surface area contributed by atoms with Crippen molar-refractivity contribution in [2.75, 3.05) is 5.32 Å². The summed E-state index contributed by atoms with van der Waals surface area (Å²) in [6.07, 6.45) is 0. The fraction of sp³-hybridized carbons (Fsp3) is 0. The third-order valence-electron chi connectivity index (χ3n) is 2.47. The van der Waals surface area contributed by atoms with Crippen LogP contribution in [-0.4, -0.2) is 4.99 Å². The van der Waals surface area contributed by atoms with Crippen LogP contribution in [0.1, 0.15) is 5.56 Å². The Labute approximate surface area is 125 Å². The van der Waals surface area contributed by atoms with Gasteiger partial charge < -0.3 is 11.1 Å². The van der Waals surface area contributed by atoms with Crippen molar-refractivity contribution in [3.63, 3.8) is 0 Å². The van der Waals surface area contributed by atoms with E-state index in [-0.39, 0.29) is 15.7 Å². The molecule has 2 aromatic carbocycles. The summed E-state index contributed by atoms with van der Waals surface area (Å²) >= 11 is 16.6. The first kappa shape index (κ1) is 14.1. The van der Waals surface area contributed by atoms with Crippen LogP contribution in [0.25, 0.3) is 0 Å². The molecule has 19 heavy (non-hydrogen) atoms. The van der Waals surface area contributed by atoms with Gasteiger partial charge in [-0.25, -0.2) is 4.39 Å². The number of rotatable bonds is 3. The van der Waals surface area contributed by atoms with E-state index in [4.69, 9.17) is 41.2 Å². The molecule has 2 aromatic rings. The molecule has 0 atom stereocenters. The molecule has 0 aliphatic rings. The van der Waals surface area contributed by atoms with Crippen molar-refractivity contribution in [2.45, 2.75) is 0 Å². The molecule has 0 unspecified atom stereocenters. The zero-order chi connectivity index (χ0) is 14.0. The summed E-state index contributed by atoms with van der Waals surface area (Å²) < 4.78 is 13.7. The normalized spacial score (nSPS) is 10.3. The second-order valence-corrected chi connectivity index (χ2v) is 5.04. The van der Waals surface area contributed by atoms with Crippen LogP contribution in [0.2, 0.25) is 10.0 Å². The fourth-order valence-electron chi connectivity index (χ4n) is 1.52. The van der Waals surface area contributed by atoms with E-state index >= 15 is 0 Å². The monoisotopic (exact) mass is 314 g/mol. The number of thiocarbonyl (C=S) groups is 1. The van der Waals surface area contributed by atoms with Crippen LogP contribution in [0.4, 0.5) is 15.8 Å². The highest BCUT2D eigenvalue weighted by Gasteiger charge is 2.09. The predicted octanol–water partition coefficient (Wildman–Crippen LogP) is 4.51. The van der Waals surface area contributed by atoms with Gasteiger partial charge in [-0.3, -0.25) is 0 Å². The average Bonchev–Trinajstić information content (AvgIpc) is 2.37. The molecule has 0 aliphatic carbocycles. The zero-order valence-electron chi connectivity index (χ0n) is 9.58. The molecular formula is C13H9Cl2FN2S. The van der Waals surface area contributed by atoms with Gasteiger partial charge in [0.1, 0.15) is 4.99 Å². The van der Waals surface area contributed by atoms with Crippen LogP contribution in [0.5, 0.6) is 0 Å². The van der Waals surface area contributed by atoms with Crippen LogP contribution in [0, 0.1) is 5.82 Å². The second-order valence-electron chi connectivity index (χ2n) is 3.79. The highest BCUT2D eigenvalue weighted by molar-refractivity contribution is 7.80. The van der Waals surface area contributed by atoms with Crippen LogP contribution in [0.15, 0.2) is 36.4 Å². The number of halogens is 3. The smallest absolute Gasteiger partial charge is 0.165 e. The molecule has 0 aliphatic heterocycles. The number of benzene rings is 2. The summed E-state index contributed by atoms with van der Waals surface area (Å²) in [5.41, 5.74) is 6.95. The third kappa shape index (κ3) is 3.15. The summed E-state index contributed by atoms with van der Waals surface area (Å²) in [6, 6.07) is 9.69. The maximum atomic E-state index is 13.7. The van der Waals surface area contributed by atoms with Crippen molar-refractivity contribution in [3.8, 4) is 0 Å². The maximum absolute atomic E-state index is 13.7. The van der Waals surface area contributed by atoms with E-state index in [1.54, 1.807) is 30.3 Å². The Hall–Kier alpha value is -1.36. The predicted molar refractivity (Wildman–Crippen MR) is 82.0 cm³/mol. The molecular weight excluding hydrogens is 306 g/mol. The first-order valence-corrected chi connectivity index (χ1v) is 6.46. The topological polar surface area (TPSA) is 38.0 Å². The van der Waals surface area contributed by atoms with Gasteiger partial charge >= 0.3 is 0 Å². The van der Waals surface area contributed by atoms with Crippen molar-refractivity contribution in [2.24, 2.45) is 5.73 Å². The molecule has 0 fully saturated rings. The minimum Gasteiger partial charge on any atom is -0.389 e. The fourth-order valence-corrected chi connectivity index (χ4v) is 2.04. The summed E-state index contributed by atoms with van der Waals surface area (Å²) in [5, 5.41) is 3.31. The Morgan fingerprint density at radius 3 is 2.47 bits per heavy atom. The molecule has 98 valence electrons. The Morgan fingerprint density at radius 2 is 1.84 bits per heavy atom. The van der Waals surface area contributed by atoms with Crippen molar-refractivity contribution >= 4 is 51.8 Å². The lowest BCUT2D eigenvalue weighted by atomic mass is 10.2. The van der Waals surface area contributed by atoms with Crippen LogP contribution in [0.3, 0.4) is 0 Å². The molecule has 0 heterocycles. The van der Waals surface area contributed by atoms with Gasteiger partial charge in [0.15, 0.2) is 5.82 Å². The van der Waals surface area contributed by atoms with E-state index in [0.29, 0.717) is 16.3 Å². The SMILES string of the molecule is NC(=S)c1ccc(Nc2cccc(Cl)c2F)c(Cl)c1. The highest BCUT2D eigenvalue weighted by atomic mass is 35.5. The Bertz CT molecular complexity index is 647. The van der Waals surface area contributed by atoms with Gasteiger partial charge in [0, 0.05) is 5.56 Å². The van der Waals surface area contributed by atoms with Crippen molar-refractivity contribution in [1.82, 2.24) is 0 Å². The van der Waals surface area contributed by atoms with E-state index in [2.05, 4.69) is 5.32 Å². The summed E-state index contributed by atoms with van der Waals surface area (Å²) in [7, 11) is 0. The zero-order valence-corrected chi connectivity index (χ0v) is 11.9. The van der Waals surface area contributed by atoms with Crippen LogP contribution < -0.4 is 11.1 Å². The first-order chi connectivity index (χ1) is 8.99. The van der Waals surface area contributed by atoms with Gasteiger partial charge in [0.25, 0.3) is 0 Å². The quantitative estimate of drug-likeness (QED) is 0.819. The highest BCUT2D eigenvalue weighted by Crippen LogP contribution is 2.29. The molecule has 0 bridgehead atoms. The van der Waals surface area contributed by atoms with E-state index in [1.165, 1.54) is 6.07 Å². The van der Waals surface area contributed by atoms with Gasteiger partial charge in [-0.1, -0.05) is 41.5 Å². The molecule has 3 N–H and O–H groups in total. The second kappa shape index (κ2) is 5.74. The number of nitrogens with two attached hydrogens (primary N) is 1. The summed E-state index contributed by atoms with van der Waals surface area (Å²) in [4.78, 5) is 0.252. The van der Waals surface area contributed by atoms with E-state index < -0.39 is 5.82 Å². The number of hydrogen-bond acceptors (Lipinski definition) is 2. The van der Waals surface area contributed by atoms with Crippen LogP contribution >= 0.6 is 35.4 Å². The van der Waals surface area contributed by atoms with E-state index in [0.717, 1.165) is 0 Å². The van der Waals surface area contributed by atoms with E-state index in [1.807, 2.05) is 0 Å². The van der Waals surface area contributed by atoms with Gasteiger partial charge in [-0.15, -0.1) is 0 Å². The lowest BCUT2D eigenvalue weighted by Crippen LogP contribution is -2.09. The number of hydrogen-bond donors (Lipinski definition) is 2. The lowest BCUT2D eigenvalue weighted by molar-refractivity contribution is 0.632. The van der Waals surface area contributed by atoms with E-state index in [9.17, 15) is 4.39 Å². The average molecular weight is 315 g/mol. The van der Waals surface area contributed by atoms with Gasteiger partial charge in [0.2, 0.25) is 0 Å². The third-order valence-corrected chi connectivity index (χ3v) is 3.31. The Morgan fingerprint density at radius 1 is 1.11 bits per heavy atom. The first-order valence-electron chi connectivity index (χ1n) is 5.29. The maximum Gasteiger partial charge on any atom is 0.165 e. The van der Waals surface area contributed by atoms with Crippen molar-refractivity contribution in [3.05, 3.63) is 57.8 Å². The Kier molecular flexibility index (Phi) is 4.24. The summed E-state index contributed by atoms with van der Waals surface area (Å²) in [6.45, 7) is 0. The Balaban J connectivity index is 2.34. The molecule has 2 rings (SSSR count). The number of anilines is 2.